The molecule has 0 fully saturated rings. The first-order valence-electron chi connectivity index (χ1n) is 7.75. The van der Waals surface area contributed by atoms with E-state index in [0.29, 0.717) is 0 Å². The van der Waals surface area contributed by atoms with E-state index < -0.39 is 28.7 Å². The first kappa shape index (κ1) is 22.7. The number of rotatable bonds is 9. The van der Waals surface area contributed by atoms with Crippen molar-refractivity contribution in [3.8, 4) is 0 Å². The fraction of sp³-hybridized carbons (Fsp3) is 0.533. The number of ether oxygens (including phenoxy) is 1. The van der Waals surface area contributed by atoms with Gasteiger partial charge in [0.05, 0.1) is 22.1 Å². The predicted molar refractivity (Wildman–Crippen MR) is 90.8 cm³/mol. The zero-order valence-electron chi connectivity index (χ0n) is 14.3. The minimum absolute atomic E-state index is 0.0252. The molecule has 0 aliphatic heterocycles. The summed E-state index contributed by atoms with van der Waals surface area (Å²) in [5.74, 6) is -0.706. The number of alkyl halides is 3. The van der Waals surface area contributed by atoms with Gasteiger partial charge in [0.25, 0.3) is 5.91 Å². The molecular weight excluding hydrogens is 397 g/mol. The van der Waals surface area contributed by atoms with Crippen molar-refractivity contribution < 1.29 is 31.1 Å². The van der Waals surface area contributed by atoms with Gasteiger partial charge < -0.3 is 10.1 Å². The zero-order chi connectivity index (χ0) is 20.0. The molecule has 11 heteroatoms. The zero-order valence-corrected chi connectivity index (χ0v) is 15.8. The van der Waals surface area contributed by atoms with Gasteiger partial charge >= 0.3 is 6.18 Å². The lowest BCUT2D eigenvalue weighted by Crippen LogP contribution is -2.31. The van der Waals surface area contributed by atoms with Gasteiger partial charge in [-0.25, -0.2) is 8.42 Å². The molecule has 0 heterocycles. The van der Waals surface area contributed by atoms with E-state index in [2.05, 4.69) is 10.1 Å². The molecule has 0 bridgehead atoms. The Bertz CT molecular complexity index is 722. The molecule has 148 valence electrons. The lowest BCUT2D eigenvalue weighted by Gasteiger charge is -2.19. The van der Waals surface area contributed by atoms with Crippen LogP contribution in [0, 0.1) is 0 Å². The summed E-state index contributed by atoms with van der Waals surface area (Å²) in [5.41, 5.74) is -0.0873. The molecule has 0 aliphatic rings. The molecule has 0 radical (unpaired) electrons. The molecule has 26 heavy (non-hydrogen) atoms. The van der Waals surface area contributed by atoms with Crippen LogP contribution in [0.3, 0.4) is 0 Å². The van der Waals surface area contributed by atoms with E-state index in [9.17, 15) is 26.4 Å². The van der Waals surface area contributed by atoms with Gasteiger partial charge in [0.2, 0.25) is 10.0 Å². The van der Waals surface area contributed by atoms with Crippen LogP contribution in [-0.2, 0) is 14.8 Å². The number of benzene rings is 1. The van der Waals surface area contributed by atoms with Gasteiger partial charge in [-0.3, -0.25) is 4.79 Å². The molecule has 1 N–H and O–H groups in total. The summed E-state index contributed by atoms with van der Waals surface area (Å²) >= 11 is 5.94. The predicted octanol–water partition coefficient (Wildman–Crippen LogP) is 2.68. The molecule has 1 aromatic carbocycles. The summed E-state index contributed by atoms with van der Waals surface area (Å²) in [4.78, 5) is 12.0. The smallest absolute Gasteiger partial charge is 0.370 e. The van der Waals surface area contributed by atoms with E-state index in [4.69, 9.17) is 11.6 Å². The van der Waals surface area contributed by atoms with Crippen molar-refractivity contribution in [1.82, 2.24) is 9.62 Å². The summed E-state index contributed by atoms with van der Waals surface area (Å²) in [7, 11) is -3.77. The number of carbonyl (C=O) groups is 1. The molecule has 0 aromatic heterocycles. The fourth-order valence-electron chi connectivity index (χ4n) is 2.07. The van der Waals surface area contributed by atoms with Crippen LogP contribution in [0.5, 0.6) is 0 Å². The maximum absolute atomic E-state index is 12.5. The van der Waals surface area contributed by atoms with Crippen LogP contribution in [0.15, 0.2) is 23.1 Å². The van der Waals surface area contributed by atoms with Gasteiger partial charge in [-0.15, -0.1) is 0 Å². The maximum atomic E-state index is 12.5. The number of carbonyl (C=O) groups excluding carboxylic acids is 1. The van der Waals surface area contributed by atoms with Crippen LogP contribution in [-0.4, -0.2) is 57.7 Å². The van der Waals surface area contributed by atoms with Crippen molar-refractivity contribution >= 4 is 27.5 Å². The van der Waals surface area contributed by atoms with Crippen LogP contribution in [0.25, 0.3) is 0 Å². The Morgan fingerprint density at radius 2 is 1.88 bits per heavy atom. The second-order valence-corrected chi connectivity index (χ2v) is 7.50. The van der Waals surface area contributed by atoms with Crippen LogP contribution in [0.1, 0.15) is 24.2 Å². The van der Waals surface area contributed by atoms with E-state index in [1.54, 1.807) is 13.8 Å². The van der Waals surface area contributed by atoms with Crippen molar-refractivity contribution in [2.75, 3.05) is 32.8 Å². The first-order valence-corrected chi connectivity index (χ1v) is 9.57. The number of amides is 1. The van der Waals surface area contributed by atoms with E-state index in [1.165, 1.54) is 16.4 Å². The van der Waals surface area contributed by atoms with E-state index in [1.807, 2.05) is 0 Å². The van der Waals surface area contributed by atoms with E-state index >= 15 is 0 Å². The van der Waals surface area contributed by atoms with Gasteiger partial charge in [-0.05, 0) is 18.2 Å². The molecule has 1 rings (SSSR count). The standard InChI is InChI=1S/C15H20ClF3N2O4S/c1-3-21(4-2)26(23,24)11-5-6-13(16)12(9-11)14(22)20-7-8-25-10-15(17,18)19/h5-6,9H,3-4,7-8,10H2,1-2H3,(H,20,22). The van der Waals surface area contributed by atoms with Crippen LogP contribution in [0.4, 0.5) is 13.2 Å². The molecule has 1 amide bonds. The van der Waals surface area contributed by atoms with Gasteiger partial charge in [0.1, 0.15) is 6.61 Å². The average Bonchev–Trinajstić information content (AvgIpc) is 2.54. The highest BCUT2D eigenvalue weighted by Gasteiger charge is 2.27. The van der Waals surface area contributed by atoms with Gasteiger partial charge in [-0.1, -0.05) is 25.4 Å². The summed E-state index contributed by atoms with van der Waals surface area (Å²) in [5, 5.41) is 2.36. The highest BCUT2D eigenvalue weighted by Crippen LogP contribution is 2.23. The number of hydrogen-bond acceptors (Lipinski definition) is 4. The van der Waals surface area contributed by atoms with Crippen molar-refractivity contribution in [1.29, 1.82) is 0 Å². The topological polar surface area (TPSA) is 75.7 Å². The van der Waals surface area contributed by atoms with Gasteiger partial charge in [0.15, 0.2) is 0 Å². The molecule has 0 unspecified atom stereocenters. The Kier molecular flexibility index (Phi) is 8.32. The van der Waals surface area contributed by atoms with Gasteiger partial charge in [0, 0.05) is 19.6 Å². The fourth-order valence-corrected chi connectivity index (χ4v) is 3.76. The number of nitrogens with one attached hydrogen (secondary N) is 1. The summed E-state index contributed by atoms with van der Waals surface area (Å²) in [6.45, 7) is 1.95. The number of hydrogen-bond donors (Lipinski definition) is 1. The number of halogens is 4. The highest BCUT2D eigenvalue weighted by atomic mass is 35.5. The van der Waals surface area contributed by atoms with E-state index in [0.717, 1.165) is 6.07 Å². The SMILES string of the molecule is CCN(CC)S(=O)(=O)c1ccc(Cl)c(C(=O)NCCOCC(F)(F)F)c1. The van der Waals surface area contributed by atoms with Crippen LogP contribution < -0.4 is 5.32 Å². The van der Waals surface area contributed by atoms with Crippen LogP contribution >= 0.6 is 11.6 Å². The lowest BCUT2D eigenvalue weighted by molar-refractivity contribution is -0.173. The Hall–Kier alpha value is -1.36. The number of nitrogens with zero attached hydrogens (tertiary/aromatic N) is 1. The second-order valence-electron chi connectivity index (χ2n) is 5.15. The van der Waals surface area contributed by atoms with Crippen LogP contribution in [0.2, 0.25) is 5.02 Å². The Labute approximate surface area is 155 Å². The Morgan fingerprint density at radius 3 is 2.42 bits per heavy atom. The summed E-state index contributed by atoms with van der Waals surface area (Å²) < 4.78 is 66.4. The third-order valence-corrected chi connectivity index (χ3v) is 5.70. The normalized spacial score (nSPS) is 12.4. The van der Waals surface area contributed by atoms with E-state index in [-0.39, 0.29) is 41.7 Å². The minimum atomic E-state index is -4.44. The maximum Gasteiger partial charge on any atom is 0.411 e. The second kappa shape index (κ2) is 9.54. The summed E-state index contributed by atoms with van der Waals surface area (Å²) in [6.07, 6.45) is -4.44. The molecule has 6 nitrogen and oxygen atoms in total. The highest BCUT2D eigenvalue weighted by molar-refractivity contribution is 7.89. The molecule has 0 aliphatic carbocycles. The van der Waals surface area contributed by atoms with Crippen molar-refractivity contribution in [2.45, 2.75) is 24.9 Å². The quantitative estimate of drug-likeness (QED) is 0.628. The largest absolute Gasteiger partial charge is 0.411 e. The van der Waals surface area contributed by atoms with Crippen molar-refractivity contribution in [3.63, 3.8) is 0 Å². The molecule has 0 atom stereocenters. The molecular formula is C15H20ClF3N2O4S. The minimum Gasteiger partial charge on any atom is -0.370 e. The number of sulfonamides is 1. The Balaban J connectivity index is 2.82. The molecule has 0 saturated carbocycles. The third kappa shape index (κ3) is 6.42. The third-order valence-electron chi connectivity index (χ3n) is 3.32. The first-order chi connectivity index (χ1) is 12.0. The monoisotopic (exact) mass is 416 g/mol. The lowest BCUT2D eigenvalue weighted by atomic mass is 10.2. The summed E-state index contributed by atoms with van der Waals surface area (Å²) in [6, 6.07) is 3.72. The molecule has 0 spiro atoms. The van der Waals surface area contributed by atoms with Crippen molar-refractivity contribution in [2.24, 2.45) is 0 Å². The van der Waals surface area contributed by atoms with Crippen molar-refractivity contribution in [3.05, 3.63) is 28.8 Å². The Morgan fingerprint density at radius 1 is 1.27 bits per heavy atom. The van der Waals surface area contributed by atoms with Gasteiger partial charge in [-0.2, -0.15) is 17.5 Å². The molecule has 1 aromatic rings. The molecule has 0 saturated heterocycles. The average molecular weight is 417 g/mol.